The topological polar surface area (TPSA) is 71.1 Å². The molecule has 1 aromatic rings. The van der Waals surface area contributed by atoms with Gasteiger partial charge in [0.2, 0.25) is 5.91 Å². The summed E-state index contributed by atoms with van der Waals surface area (Å²) < 4.78 is 5.10. The van der Waals surface area contributed by atoms with Crippen LogP contribution < -0.4 is 0 Å². The van der Waals surface area contributed by atoms with Crippen molar-refractivity contribution >= 4 is 5.91 Å². The summed E-state index contributed by atoms with van der Waals surface area (Å²) in [6.45, 7) is 4.48. The summed E-state index contributed by atoms with van der Waals surface area (Å²) in [5, 5.41) is 6.89. The van der Waals surface area contributed by atoms with Crippen LogP contribution in [0.15, 0.2) is 0 Å². The van der Waals surface area contributed by atoms with E-state index in [9.17, 15) is 4.79 Å². The normalized spacial score (nSPS) is 19.0. The highest BCUT2D eigenvalue weighted by Crippen LogP contribution is 2.21. The predicted octanol–water partition coefficient (Wildman–Crippen LogP) is 1.71. The lowest BCUT2D eigenvalue weighted by molar-refractivity contribution is -0.133. The number of carbonyl (C=O) groups is 1. The molecule has 1 atom stereocenters. The lowest BCUT2D eigenvalue weighted by atomic mass is 9.93. The third-order valence-corrected chi connectivity index (χ3v) is 4.04. The van der Waals surface area contributed by atoms with Gasteiger partial charge in [0.05, 0.1) is 0 Å². The lowest BCUT2D eigenvalue weighted by Crippen LogP contribution is -2.40. The lowest BCUT2D eigenvalue weighted by Gasteiger charge is -2.33. The van der Waals surface area contributed by atoms with E-state index in [0.29, 0.717) is 18.8 Å². The fourth-order valence-corrected chi connectivity index (χ4v) is 2.92. The maximum atomic E-state index is 12.3. The molecular formula is C15H26N4O2. The van der Waals surface area contributed by atoms with Gasteiger partial charge in [0.25, 0.3) is 0 Å². The molecule has 1 aromatic heterocycles. The van der Waals surface area contributed by atoms with Gasteiger partial charge in [-0.3, -0.25) is 9.89 Å². The summed E-state index contributed by atoms with van der Waals surface area (Å²) in [6.07, 6.45) is 5.70. The van der Waals surface area contributed by atoms with Gasteiger partial charge >= 0.3 is 0 Å². The van der Waals surface area contributed by atoms with Crippen molar-refractivity contribution in [1.82, 2.24) is 20.1 Å². The van der Waals surface area contributed by atoms with Crippen LogP contribution in [0, 0.1) is 12.8 Å². The Morgan fingerprint density at radius 3 is 3.10 bits per heavy atom. The first kappa shape index (κ1) is 15.9. The van der Waals surface area contributed by atoms with Crippen molar-refractivity contribution < 1.29 is 9.53 Å². The van der Waals surface area contributed by atoms with Crippen LogP contribution in [0.5, 0.6) is 0 Å². The number of hydrogen-bond acceptors (Lipinski definition) is 4. The third kappa shape index (κ3) is 5.12. The molecule has 21 heavy (non-hydrogen) atoms. The van der Waals surface area contributed by atoms with Gasteiger partial charge in [-0.05, 0) is 38.5 Å². The minimum absolute atomic E-state index is 0.230. The number of hydrogen-bond donors (Lipinski definition) is 1. The Kier molecular flexibility index (Phi) is 6.17. The molecule has 1 amide bonds. The summed E-state index contributed by atoms with van der Waals surface area (Å²) in [5.74, 6) is 2.39. The molecule has 6 heteroatoms. The smallest absolute Gasteiger partial charge is 0.223 e. The first-order valence-corrected chi connectivity index (χ1v) is 7.83. The molecule has 0 unspecified atom stereocenters. The van der Waals surface area contributed by atoms with Crippen LogP contribution in [0.3, 0.4) is 0 Å². The summed E-state index contributed by atoms with van der Waals surface area (Å²) in [6, 6.07) is 0. The second kappa shape index (κ2) is 8.12. The number of likely N-dealkylation sites (tertiary alicyclic amines) is 1. The van der Waals surface area contributed by atoms with E-state index in [-0.39, 0.29) is 5.91 Å². The Morgan fingerprint density at radius 1 is 1.52 bits per heavy atom. The molecule has 0 aliphatic carbocycles. The van der Waals surface area contributed by atoms with E-state index in [0.717, 1.165) is 50.6 Å². The molecule has 2 heterocycles. The van der Waals surface area contributed by atoms with Gasteiger partial charge in [0.15, 0.2) is 5.82 Å². The molecule has 1 N–H and O–H groups in total. The predicted molar refractivity (Wildman–Crippen MR) is 79.9 cm³/mol. The van der Waals surface area contributed by atoms with Crippen LogP contribution >= 0.6 is 0 Å². The average molecular weight is 294 g/mol. The molecule has 0 aromatic carbocycles. The van der Waals surface area contributed by atoms with Crippen LogP contribution in [-0.4, -0.2) is 52.8 Å². The van der Waals surface area contributed by atoms with Crippen LogP contribution in [-0.2, 0) is 16.0 Å². The summed E-state index contributed by atoms with van der Waals surface area (Å²) >= 11 is 0. The van der Waals surface area contributed by atoms with Crippen molar-refractivity contribution in [2.75, 3.05) is 26.8 Å². The van der Waals surface area contributed by atoms with Crippen LogP contribution in [0.1, 0.15) is 43.8 Å². The molecule has 0 radical (unpaired) electrons. The zero-order valence-corrected chi connectivity index (χ0v) is 13.1. The minimum atomic E-state index is 0.230. The van der Waals surface area contributed by atoms with Crippen molar-refractivity contribution in [3.8, 4) is 0 Å². The number of amides is 1. The standard InChI is InChI=1S/C15H26N4O2/c1-12-16-14(18-17-12)7-8-15(20)19-9-3-5-13(11-19)6-4-10-21-2/h13H,3-11H2,1-2H3,(H,16,17,18)/t13-/m0/s1. The third-order valence-electron chi connectivity index (χ3n) is 4.04. The highest BCUT2D eigenvalue weighted by Gasteiger charge is 2.23. The van der Waals surface area contributed by atoms with Crippen molar-refractivity contribution in [1.29, 1.82) is 0 Å². The van der Waals surface area contributed by atoms with Crippen molar-refractivity contribution in [2.45, 2.75) is 45.4 Å². The summed E-state index contributed by atoms with van der Waals surface area (Å²) in [4.78, 5) is 18.5. The van der Waals surface area contributed by atoms with Gasteiger partial charge in [-0.25, -0.2) is 4.98 Å². The Bertz CT molecular complexity index is 447. The van der Waals surface area contributed by atoms with E-state index >= 15 is 0 Å². The molecule has 1 aliphatic heterocycles. The van der Waals surface area contributed by atoms with Gasteiger partial charge in [0.1, 0.15) is 5.82 Å². The Hall–Kier alpha value is -1.43. The SMILES string of the molecule is COCCC[C@@H]1CCCN(C(=O)CCc2n[nH]c(C)n2)C1. The van der Waals surface area contributed by atoms with Gasteiger partial charge in [-0.15, -0.1) is 0 Å². The largest absolute Gasteiger partial charge is 0.385 e. The van der Waals surface area contributed by atoms with E-state index in [1.165, 1.54) is 6.42 Å². The first-order valence-electron chi connectivity index (χ1n) is 7.83. The van der Waals surface area contributed by atoms with E-state index in [4.69, 9.17) is 4.74 Å². The molecule has 6 nitrogen and oxygen atoms in total. The number of methoxy groups -OCH3 is 1. The Labute approximate surface area is 126 Å². The van der Waals surface area contributed by atoms with Gasteiger partial charge < -0.3 is 9.64 Å². The number of nitrogens with zero attached hydrogens (tertiary/aromatic N) is 3. The maximum absolute atomic E-state index is 12.3. The first-order chi connectivity index (χ1) is 10.2. The number of H-pyrrole nitrogens is 1. The van der Waals surface area contributed by atoms with Crippen molar-refractivity contribution in [3.63, 3.8) is 0 Å². The van der Waals surface area contributed by atoms with E-state index in [1.54, 1.807) is 7.11 Å². The number of aromatic nitrogens is 3. The number of ether oxygens (including phenoxy) is 1. The summed E-state index contributed by atoms with van der Waals surface area (Å²) in [5.41, 5.74) is 0. The van der Waals surface area contributed by atoms with Crippen LogP contribution in [0.25, 0.3) is 0 Å². The minimum Gasteiger partial charge on any atom is -0.385 e. The van der Waals surface area contributed by atoms with Crippen molar-refractivity contribution in [3.05, 3.63) is 11.6 Å². The van der Waals surface area contributed by atoms with Gasteiger partial charge in [-0.2, -0.15) is 5.10 Å². The van der Waals surface area contributed by atoms with E-state index < -0.39 is 0 Å². The zero-order valence-electron chi connectivity index (χ0n) is 13.1. The van der Waals surface area contributed by atoms with E-state index in [2.05, 4.69) is 15.2 Å². The molecule has 1 aliphatic rings. The highest BCUT2D eigenvalue weighted by molar-refractivity contribution is 5.76. The molecule has 1 saturated heterocycles. The van der Waals surface area contributed by atoms with Gasteiger partial charge in [0, 0.05) is 39.6 Å². The number of aromatic amines is 1. The molecule has 1 fully saturated rings. The number of nitrogens with one attached hydrogen (secondary N) is 1. The number of carbonyl (C=O) groups excluding carboxylic acids is 1. The number of piperidine rings is 1. The fourth-order valence-electron chi connectivity index (χ4n) is 2.92. The van der Waals surface area contributed by atoms with E-state index in [1.807, 2.05) is 11.8 Å². The molecule has 118 valence electrons. The fraction of sp³-hybridized carbons (Fsp3) is 0.800. The monoisotopic (exact) mass is 294 g/mol. The molecule has 0 spiro atoms. The summed E-state index contributed by atoms with van der Waals surface area (Å²) in [7, 11) is 1.74. The maximum Gasteiger partial charge on any atom is 0.223 e. The second-order valence-electron chi connectivity index (χ2n) is 5.82. The van der Waals surface area contributed by atoms with Crippen LogP contribution in [0.2, 0.25) is 0 Å². The molecular weight excluding hydrogens is 268 g/mol. The second-order valence-corrected chi connectivity index (χ2v) is 5.82. The highest BCUT2D eigenvalue weighted by atomic mass is 16.5. The zero-order chi connectivity index (χ0) is 15.1. The van der Waals surface area contributed by atoms with Gasteiger partial charge in [-0.1, -0.05) is 0 Å². The molecule has 0 saturated carbocycles. The molecule has 0 bridgehead atoms. The Morgan fingerprint density at radius 2 is 2.38 bits per heavy atom. The quantitative estimate of drug-likeness (QED) is 0.777. The van der Waals surface area contributed by atoms with Crippen LogP contribution in [0.4, 0.5) is 0 Å². The number of aryl methyl sites for hydroxylation is 2. The van der Waals surface area contributed by atoms with Crippen molar-refractivity contribution in [2.24, 2.45) is 5.92 Å². The number of rotatable bonds is 7. The molecule has 2 rings (SSSR count). The Balaban J connectivity index is 1.73. The average Bonchev–Trinajstić information content (AvgIpc) is 2.91.